The van der Waals surface area contributed by atoms with Crippen molar-refractivity contribution in [1.82, 2.24) is 20.9 Å². The number of hydrogen-bond donors (Lipinski definition) is 2. The summed E-state index contributed by atoms with van der Waals surface area (Å²) in [5.41, 5.74) is 4.42. The van der Waals surface area contributed by atoms with Crippen molar-refractivity contribution in [3.63, 3.8) is 0 Å². The first-order chi connectivity index (χ1) is 13.9. The van der Waals surface area contributed by atoms with Crippen LogP contribution in [0.5, 0.6) is 0 Å². The average Bonchev–Trinajstić information content (AvgIpc) is 3.22. The second-order valence-corrected chi connectivity index (χ2v) is 5.92. The lowest BCUT2D eigenvalue weighted by Gasteiger charge is -2.08. The second-order valence-electron chi connectivity index (χ2n) is 5.92. The number of hydroxylamine groups is 1. The van der Waals surface area contributed by atoms with Crippen LogP contribution in [0.4, 0.5) is 13.2 Å². The van der Waals surface area contributed by atoms with Gasteiger partial charge in [0.25, 0.3) is 5.91 Å². The molecule has 10 heteroatoms. The number of alkyl halides is 3. The van der Waals surface area contributed by atoms with Crippen LogP contribution in [0.25, 0.3) is 11.4 Å². The van der Waals surface area contributed by atoms with E-state index in [1.165, 1.54) is 24.3 Å². The fourth-order valence-corrected chi connectivity index (χ4v) is 2.34. The highest BCUT2D eigenvalue weighted by atomic mass is 19.4. The number of amides is 1. The molecule has 0 saturated heterocycles. The molecule has 1 heterocycles. The monoisotopic (exact) mass is 406 g/mol. The molecule has 2 aromatic carbocycles. The maximum absolute atomic E-state index is 12.5. The summed E-state index contributed by atoms with van der Waals surface area (Å²) in [6.07, 6.45) is -4.70. The van der Waals surface area contributed by atoms with Crippen LogP contribution in [0.2, 0.25) is 0 Å². The van der Waals surface area contributed by atoms with Gasteiger partial charge in [-0.3, -0.25) is 9.63 Å². The molecule has 3 rings (SSSR count). The van der Waals surface area contributed by atoms with E-state index in [2.05, 4.69) is 25.5 Å². The molecule has 0 saturated carbocycles. The molecule has 3 aromatic rings. The molecule has 0 unspecified atom stereocenters. The molecule has 0 fully saturated rings. The zero-order valence-corrected chi connectivity index (χ0v) is 15.1. The van der Waals surface area contributed by atoms with Gasteiger partial charge in [0.1, 0.15) is 0 Å². The van der Waals surface area contributed by atoms with Crippen LogP contribution in [0.1, 0.15) is 21.8 Å². The summed E-state index contributed by atoms with van der Waals surface area (Å²) in [6, 6.07) is 15.4. The van der Waals surface area contributed by atoms with Crippen LogP contribution >= 0.6 is 0 Å². The van der Waals surface area contributed by atoms with Crippen molar-refractivity contribution in [2.24, 2.45) is 0 Å². The number of carbonyl (C=O) groups is 1. The van der Waals surface area contributed by atoms with Crippen molar-refractivity contribution in [1.29, 1.82) is 0 Å². The molecule has 7 nitrogen and oxygen atoms in total. The first-order valence-corrected chi connectivity index (χ1v) is 8.61. The Bertz CT molecular complexity index is 928. The Morgan fingerprint density at radius 2 is 1.76 bits per heavy atom. The molecule has 0 spiro atoms. The van der Waals surface area contributed by atoms with Gasteiger partial charge in [0, 0.05) is 24.2 Å². The van der Waals surface area contributed by atoms with Crippen LogP contribution < -0.4 is 10.8 Å². The lowest BCUT2D eigenvalue weighted by atomic mass is 10.1. The molecule has 0 atom stereocenters. The second kappa shape index (κ2) is 9.30. The van der Waals surface area contributed by atoms with Gasteiger partial charge >= 0.3 is 12.1 Å². The summed E-state index contributed by atoms with van der Waals surface area (Å²) in [7, 11) is 0. The Labute approximate surface area is 163 Å². The number of benzene rings is 2. The molecule has 0 aliphatic heterocycles. The largest absolute Gasteiger partial charge is 0.471 e. The summed E-state index contributed by atoms with van der Waals surface area (Å²) < 4.78 is 41.7. The van der Waals surface area contributed by atoms with Crippen molar-refractivity contribution in [3.8, 4) is 11.4 Å². The van der Waals surface area contributed by atoms with Crippen LogP contribution in [-0.2, 0) is 17.6 Å². The number of halogens is 3. The summed E-state index contributed by atoms with van der Waals surface area (Å²) >= 11 is 0. The molecule has 1 amide bonds. The van der Waals surface area contributed by atoms with Gasteiger partial charge in [-0.05, 0) is 17.7 Å². The first-order valence-electron chi connectivity index (χ1n) is 8.61. The van der Waals surface area contributed by atoms with Crippen molar-refractivity contribution in [2.75, 3.05) is 13.1 Å². The van der Waals surface area contributed by atoms with E-state index in [9.17, 15) is 18.0 Å². The van der Waals surface area contributed by atoms with Gasteiger partial charge in [0.2, 0.25) is 5.82 Å². The zero-order chi connectivity index (χ0) is 20.7. The molecule has 152 valence electrons. The quantitative estimate of drug-likeness (QED) is 0.441. The Morgan fingerprint density at radius 3 is 2.41 bits per heavy atom. The van der Waals surface area contributed by atoms with Gasteiger partial charge in [0.05, 0.1) is 6.61 Å². The molecule has 0 radical (unpaired) electrons. The van der Waals surface area contributed by atoms with Crippen molar-refractivity contribution < 1.29 is 27.3 Å². The molecule has 29 heavy (non-hydrogen) atoms. The third-order valence-electron chi connectivity index (χ3n) is 3.77. The SMILES string of the molecule is O=C(NCCNOCc1ccccc1)c1ccc(-c2noc(C(F)(F)F)n2)cc1. The van der Waals surface area contributed by atoms with Crippen LogP contribution in [-0.4, -0.2) is 29.1 Å². The lowest BCUT2D eigenvalue weighted by Crippen LogP contribution is -2.31. The van der Waals surface area contributed by atoms with Gasteiger partial charge in [-0.2, -0.15) is 18.2 Å². The van der Waals surface area contributed by atoms with Crippen LogP contribution in [0, 0.1) is 0 Å². The molecule has 0 aliphatic carbocycles. The van der Waals surface area contributed by atoms with Crippen LogP contribution in [0.3, 0.4) is 0 Å². The van der Waals surface area contributed by atoms with Gasteiger partial charge in [0.15, 0.2) is 0 Å². The summed E-state index contributed by atoms with van der Waals surface area (Å²) in [4.78, 5) is 20.7. The third kappa shape index (κ3) is 5.87. The van der Waals surface area contributed by atoms with E-state index in [1.807, 2.05) is 30.3 Å². The predicted octanol–water partition coefficient (Wildman–Crippen LogP) is 3.21. The summed E-state index contributed by atoms with van der Waals surface area (Å²) in [5.74, 6) is -1.95. The minimum Gasteiger partial charge on any atom is -0.351 e. The molecular weight excluding hydrogens is 389 g/mol. The van der Waals surface area contributed by atoms with Crippen molar-refractivity contribution >= 4 is 5.91 Å². The van der Waals surface area contributed by atoms with Crippen molar-refractivity contribution in [3.05, 3.63) is 71.6 Å². The maximum atomic E-state index is 12.5. The van der Waals surface area contributed by atoms with E-state index in [-0.39, 0.29) is 11.7 Å². The minimum absolute atomic E-state index is 0.205. The average molecular weight is 406 g/mol. The van der Waals surface area contributed by atoms with E-state index in [1.54, 1.807) is 0 Å². The normalized spacial score (nSPS) is 11.4. The molecule has 0 aliphatic rings. The molecular formula is C19H17F3N4O3. The Hall–Kier alpha value is -3.24. The Balaban J connectivity index is 1.42. The maximum Gasteiger partial charge on any atom is 0.471 e. The van der Waals surface area contributed by atoms with Gasteiger partial charge < -0.3 is 9.84 Å². The van der Waals surface area contributed by atoms with E-state index >= 15 is 0 Å². The third-order valence-corrected chi connectivity index (χ3v) is 3.77. The highest BCUT2D eigenvalue weighted by Gasteiger charge is 2.38. The first kappa shape index (κ1) is 20.5. The van der Waals surface area contributed by atoms with E-state index in [4.69, 9.17) is 4.84 Å². The van der Waals surface area contributed by atoms with Gasteiger partial charge in [-0.25, -0.2) is 5.48 Å². The molecule has 0 bridgehead atoms. The smallest absolute Gasteiger partial charge is 0.351 e. The number of nitrogens with zero attached hydrogens (tertiary/aromatic N) is 2. The topological polar surface area (TPSA) is 89.3 Å². The summed E-state index contributed by atoms with van der Waals surface area (Å²) in [5, 5.41) is 6.00. The van der Waals surface area contributed by atoms with Crippen molar-refractivity contribution in [2.45, 2.75) is 12.8 Å². The number of nitrogens with one attached hydrogen (secondary N) is 2. The van der Waals surface area contributed by atoms with Crippen LogP contribution in [0.15, 0.2) is 59.1 Å². The minimum atomic E-state index is -4.70. The fourth-order valence-electron chi connectivity index (χ4n) is 2.34. The Morgan fingerprint density at radius 1 is 1.03 bits per heavy atom. The zero-order valence-electron chi connectivity index (χ0n) is 15.1. The number of carbonyl (C=O) groups excluding carboxylic acids is 1. The highest BCUT2D eigenvalue weighted by molar-refractivity contribution is 5.94. The predicted molar refractivity (Wildman–Crippen MR) is 96.3 cm³/mol. The lowest BCUT2D eigenvalue weighted by molar-refractivity contribution is -0.159. The number of hydrogen-bond acceptors (Lipinski definition) is 6. The summed E-state index contributed by atoms with van der Waals surface area (Å²) in [6.45, 7) is 1.14. The fraction of sp³-hybridized carbons (Fsp3) is 0.211. The van der Waals surface area contributed by atoms with Gasteiger partial charge in [-0.15, -0.1) is 0 Å². The number of rotatable bonds is 8. The standard InChI is InChI=1S/C19H17F3N4O3/c20-19(21,22)18-25-16(26-29-18)14-6-8-15(9-7-14)17(27)23-10-11-24-28-12-13-4-2-1-3-5-13/h1-9,24H,10-12H2,(H,23,27). The van der Waals surface area contributed by atoms with E-state index in [0.29, 0.717) is 30.8 Å². The van der Waals surface area contributed by atoms with E-state index in [0.717, 1.165) is 5.56 Å². The molecule has 2 N–H and O–H groups in total. The molecule has 1 aromatic heterocycles. The highest BCUT2D eigenvalue weighted by Crippen LogP contribution is 2.29. The number of aromatic nitrogens is 2. The van der Waals surface area contributed by atoms with Gasteiger partial charge in [-0.1, -0.05) is 47.6 Å². The van der Waals surface area contributed by atoms with E-state index < -0.39 is 12.1 Å². The Kier molecular flexibility index (Phi) is 6.57.